The number of amides is 3. The van der Waals surface area contributed by atoms with Crippen molar-refractivity contribution in [3.05, 3.63) is 0 Å². The van der Waals surface area contributed by atoms with E-state index in [1.807, 2.05) is 0 Å². The second kappa shape index (κ2) is 2.45. The first kappa shape index (κ1) is 8.03. The summed E-state index contributed by atoms with van der Waals surface area (Å²) in [6.45, 7) is 0. The number of nitrogens with zero attached hydrogens (tertiary/aromatic N) is 4. The van der Waals surface area contributed by atoms with Crippen molar-refractivity contribution < 1.29 is 9.59 Å². The molecule has 69 valence electrons. The van der Waals surface area contributed by atoms with Crippen LogP contribution >= 0.6 is 0 Å². The highest BCUT2D eigenvalue weighted by Crippen LogP contribution is 2.18. The van der Waals surface area contributed by atoms with Crippen LogP contribution in [0.4, 0.5) is 4.79 Å². The van der Waals surface area contributed by atoms with Crippen LogP contribution in [0.25, 0.3) is 0 Å². The quantitative estimate of drug-likeness (QED) is 0.473. The van der Waals surface area contributed by atoms with Crippen LogP contribution in [0.1, 0.15) is 0 Å². The van der Waals surface area contributed by atoms with E-state index in [9.17, 15) is 9.59 Å². The molecule has 0 aromatic heterocycles. The van der Waals surface area contributed by atoms with Crippen LogP contribution < -0.4 is 5.32 Å². The lowest BCUT2D eigenvalue weighted by molar-refractivity contribution is -0.133. The molecule has 1 radical (unpaired) electrons. The summed E-state index contributed by atoms with van der Waals surface area (Å²) in [6.07, 6.45) is 0.909. The molecule has 2 aliphatic heterocycles. The first-order valence-electron chi connectivity index (χ1n) is 3.89. The van der Waals surface area contributed by atoms with Crippen LogP contribution in [0, 0.1) is 0 Å². The molecule has 13 heavy (non-hydrogen) atoms. The van der Waals surface area contributed by atoms with Gasteiger partial charge in [-0.1, -0.05) is 0 Å². The van der Waals surface area contributed by atoms with Gasteiger partial charge in [-0.3, -0.25) is 15.0 Å². The van der Waals surface area contributed by atoms with Gasteiger partial charge >= 0.3 is 6.03 Å². The molecule has 2 aliphatic rings. The van der Waals surface area contributed by atoms with Crippen molar-refractivity contribution in [2.45, 2.75) is 12.2 Å². The number of aliphatic imine (C=N–C) groups is 1. The van der Waals surface area contributed by atoms with Gasteiger partial charge in [0.25, 0.3) is 5.91 Å². The first-order valence-corrected chi connectivity index (χ1v) is 3.89. The molecule has 0 aliphatic carbocycles. The minimum Gasteiger partial charge on any atom is -0.302 e. The van der Waals surface area contributed by atoms with Gasteiger partial charge in [-0.05, 0) is 0 Å². The van der Waals surface area contributed by atoms with Gasteiger partial charge in [-0.2, -0.15) is 0 Å². The van der Waals surface area contributed by atoms with Crippen molar-refractivity contribution >= 4 is 18.3 Å². The summed E-state index contributed by atoms with van der Waals surface area (Å²) in [5.74, 6) is -0.286. The van der Waals surface area contributed by atoms with Gasteiger partial charge in [-0.15, -0.1) is 0 Å². The summed E-state index contributed by atoms with van der Waals surface area (Å²) in [7, 11) is 3.06. The van der Waals surface area contributed by atoms with Crippen molar-refractivity contribution in [2.75, 3.05) is 14.1 Å². The molecule has 2 rings (SSSR count). The Balaban J connectivity index is 2.32. The zero-order valence-electron chi connectivity index (χ0n) is 7.34. The minimum atomic E-state index is -0.535. The molecule has 2 heterocycles. The number of rotatable bonds is 0. The summed E-state index contributed by atoms with van der Waals surface area (Å²) in [5.41, 5.74) is 0. The van der Waals surface area contributed by atoms with Gasteiger partial charge in [0, 0.05) is 14.1 Å². The summed E-state index contributed by atoms with van der Waals surface area (Å²) < 4.78 is 0. The van der Waals surface area contributed by atoms with Crippen LogP contribution in [0.15, 0.2) is 4.99 Å². The Hall–Kier alpha value is -1.59. The Bertz CT molecular complexity index is 301. The number of urea groups is 1. The average molecular weight is 181 g/mol. The first-order chi connectivity index (χ1) is 6.13. The summed E-state index contributed by atoms with van der Waals surface area (Å²) >= 11 is 0. The molecule has 2 unspecified atom stereocenters. The molecule has 0 N–H and O–H groups in total. The van der Waals surface area contributed by atoms with E-state index in [0.29, 0.717) is 0 Å². The summed E-state index contributed by atoms with van der Waals surface area (Å²) in [4.78, 5) is 29.3. The van der Waals surface area contributed by atoms with Crippen LogP contribution in [-0.2, 0) is 4.79 Å². The topological polar surface area (TPSA) is 67.1 Å². The third kappa shape index (κ3) is 0.912. The fourth-order valence-corrected chi connectivity index (χ4v) is 1.48. The lowest BCUT2D eigenvalue weighted by Gasteiger charge is -2.35. The molecule has 6 nitrogen and oxygen atoms in total. The van der Waals surface area contributed by atoms with Crippen LogP contribution in [0.3, 0.4) is 0 Å². The highest BCUT2D eigenvalue weighted by molar-refractivity contribution is 6.01. The zero-order valence-corrected chi connectivity index (χ0v) is 7.34. The van der Waals surface area contributed by atoms with Crippen molar-refractivity contribution in [1.29, 1.82) is 0 Å². The second-order valence-corrected chi connectivity index (χ2v) is 3.06. The van der Waals surface area contributed by atoms with Gasteiger partial charge in [0.2, 0.25) is 0 Å². The molecule has 6 heteroatoms. The Labute approximate surface area is 75.2 Å². The Morgan fingerprint density at radius 3 is 2.77 bits per heavy atom. The average Bonchev–Trinajstić information content (AvgIpc) is 2.59. The number of hydrogen-bond acceptors (Lipinski definition) is 3. The van der Waals surface area contributed by atoms with Crippen LogP contribution in [-0.4, -0.2) is 54.4 Å². The van der Waals surface area contributed by atoms with Gasteiger partial charge in [0.1, 0.15) is 6.34 Å². The number of carbonyl (C=O) groups is 2. The predicted octanol–water partition coefficient (Wildman–Crippen LogP) is -1.15. The zero-order chi connectivity index (χ0) is 9.59. The number of imide groups is 1. The third-order valence-corrected chi connectivity index (χ3v) is 2.30. The van der Waals surface area contributed by atoms with Crippen molar-refractivity contribution in [1.82, 2.24) is 15.1 Å². The Morgan fingerprint density at radius 2 is 2.08 bits per heavy atom. The van der Waals surface area contributed by atoms with Crippen molar-refractivity contribution in [3.8, 4) is 0 Å². The molecule has 1 saturated heterocycles. The van der Waals surface area contributed by atoms with Crippen molar-refractivity contribution in [2.24, 2.45) is 4.99 Å². The molecular weight excluding hydrogens is 172 g/mol. The molecule has 2 atom stereocenters. The van der Waals surface area contributed by atoms with Crippen molar-refractivity contribution in [3.63, 3.8) is 0 Å². The Kier molecular flexibility index (Phi) is 1.51. The van der Waals surface area contributed by atoms with Gasteiger partial charge in [0.15, 0.2) is 12.2 Å². The van der Waals surface area contributed by atoms with Gasteiger partial charge < -0.3 is 4.90 Å². The van der Waals surface area contributed by atoms with Gasteiger partial charge in [0.05, 0.1) is 0 Å². The SMILES string of the molecule is CN1C(=O)C2[N]C=NC2N(C)C1=O. The maximum atomic E-state index is 11.5. The number of likely N-dealkylation sites (N-methyl/N-ethyl adjacent to an activating group) is 2. The predicted molar refractivity (Wildman–Crippen MR) is 44.1 cm³/mol. The fraction of sp³-hybridized carbons (Fsp3) is 0.571. The highest BCUT2D eigenvalue weighted by Gasteiger charge is 2.45. The van der Waals surface area contributed by atoms with E-state index in [2.05, 4.69) is 10.3 Å². The van der Waals surface area contributed by atoms with E-state index in [4.69, 9.17) is 0 Å². The maximum absolute atomic E-state index is 11.5. The molecular formula is C7H9N4O2. The maximum Gasteiger partial charge on any atom is 0.328 e. The lowest BCUT2D eigenvalue weighted by atomic mass is 10.1. The highest BCUT2D eigenvalue weighted by atomic mass is 16.2. The summed E-state index contributed by atoms with van der Waals surface area (Å²) in [6, 6.07) is -0.867. The van der Waals surface area contributed by atoms with Gasteiger partial charge in [-0.25, -0.2) is 9.79 Å². The molecule has 0 bridgehead atoms. The van der Waals surface area contributed by atoms with E-state index in [-0.39, 0.29) is 11.9 Å². The van der Waals surface area contributed by atoms with E-state index in [1.54, 1.807) is 7.05 Å². The third-order valence-electron chi connectivity index (χ3n) is 2.30. The second-order valence-electron chi connectivity index (χ2n) is 3.06. The monoisotopic (exact) mass is 181 g/mol. The van der Waals surface area contributed by atoms with E-state index in [0.717, 1.165) is 4.90 Å². The van der Waals surface area contributed by atoms with E-state index < -0.39 is 12.2 Å². The molecule has 0 spiro atoms. The molecule has 1 fully saturated rings. The van der Waals surface area contributed by atoms with Crippen LogP contribution in [0.5, 0.6) is 0 Å². The largest absolute Gasteiger partial charge is 0.328 e. The summed E-state index contributed by atoms with van der Waals surface area (Å²) in [5, 5.41) is 3.90. The fourth-order valence-electron chi connectivity index (χ4n) is 1.48. The molecule has 0 saturated carbocycles. The Morgan fingerprint density at radius 1 is 1.38 bits per heavy atom. The normalized spacial score (nSPS) is 32.2. The standard InChI is InChI=1S/C7H9N4O2/c1-10-5-4(8-3-9-5)6(12)11(2)7(10)13/h3-5H,1-2H3. The molecule has 0 aromatic rings. The number of carbonyl (C=O) groups excluding carboxylic acids is 2. The number of hydrogen-bond donors (Lipinski definition) is 0. The van der Waals surface area contributed by atoms with Crippen LogP contribution in [0.2, 0.25) is 0 Å². The minimum absolute atomic E-state index is 0.286. The van der Waals surface area contributed by atoms with E-state index >= 15 is 0 Å². The molecule has 0 aromatic carbocycles. The molecule has 3 amide bonds. The smallest absolute Gasteiger partial charge is 0.302 e. The number of fused-ring (bicyclic) bond motifs is 1. The van der Waals surface area contributed by atoms with E-state index in [1.165, 1.54) is 18.3 Å². The lowest BCUT2D eigenvalue weighted by Crippen LogP contribution is -2.61.